The number of amides is 3. The summed E-state index contributed by atoms with van der Waals surface area (Å²) in [6.45, 7) is 5.21. The van der Waals surface area contributed by atoms with E-state index in [0.717, 1.165) is 5.56 Å². The summed E-state index contributed by atoms with van der Waals surface area (Å²) in [6.07, 6.45) is 0.0215. The first kappa shape index (κ1) is 18.4. The summed E-state index contributed by atoms with van der Waals surface area (Å²) in [7, 11) is 0. The Labute approximate surface area is 163 Å². The van der Waals surface area contributed by atoms with Crippen LogP contribution < -0.4 is 0 Å². The third-order valence-corrected chi connectivity index (χ3v) is 5.29. The highest BCUT2D eigenvalue weighted by Crippen LogP contribution is 2.24. The maximum absolute atomic E-state index is 12.8. The van der Waals surface area contributed by atoms with Crippen LogP contribution in [0.15, 0.2) is 48.5 Å². The van der Waals surface area contributed by atoms with Crippen molar-refractivity contribution in [3.63, 3.8) is 0 Å². The highest BCUT2D eigenvalue weighted by atomic mass is 16.5. The number of fused-ring (bicyclic) bond motifs is 1. The van der Waals surface area contributed by atoms with Crippen LogP contribution in [-0.4, -0.2) is 52.8 Å². The smallest absolute Gasteiger partial charge is 0.261 e. The molecule has 4 rings (SSSR count). The molecule has 2 atom stereocenters. The summed E-state index contributed by atoms with van der Waals surface area (Å²) in [6, 6.07) is 14.0. The number of carbonyl (C=O) groups excluding carboxylic acids is 3. The van der Waals surface area contributed by atoms with Crippen molar-refractivity contribution < 1.29 is 19.1 Å². The molecule has 2 aliphatic heterocycles. The molecule has 0 spiro atoms. The molecule has 0 radical (unpaired) electrons. The lowest BCUT2D eigenvalue weighted by molar-refractivity contribution is -0.0387. The summed E-state index contributed by atoms with van der Waals surface area (Å²) in [5.41, 5.74) is 2.27. The Morgan fingerprint density at radius 3 is 2.21 bits per heavy atom. The Morgan fingerprint density at radius 1 is 1.00 bits per heavy atom. The predicted molar refractivity (Wildman–Crippen MR) is 103 cm³/mol. The van der Waals surface area contributed by atoms with Crippen molar-refractivity contribution in [1.29, 1.82) is 0 Å². The Hall–Kier alpha value is -2.99. The molecule has 2 unspecified atom stereocenters. The second-order valence-corrected chi connectivity index (χ2v) is 7.39. The van der Waals surface area contributed by atoms with E-state index in [1.54, 1.807) is 48.5 Å². The molecular weight excluding hydrogens is 356 g/mol. The molecule has 3 amide bonds. The minimum atomic E-state index is -0.281. The molecule has 28 heavy (non-hydrogen) atoms. The first-order chi connectivity index (χ1) is 13.5. The first-order valence-corrected chi connectivity index (χ1v) is 9.42. The van der Waals surface area contributed by atoms with E-state index in [1.807, 2.05) is 18.7 Å². The van der Waals surface area contributed by atoms with Gasteiger partial charge in [0.25, 0.3) is 17.7 Å². The van der Waals surface area contributed by atoms with E-state index in [9.17, 15) is 14.4 Å². The van der Waals surface area contributed by atoms with Gasteiger partial charge in [-0.2, -0.15) is 0 Å². The van der Waals surface area contributed by atoms with Crippen LogP contribution in [-0.2, 0) is 11.3 Å². The third-order valence-electron chi connectivity index (χ3n) is 5.29. The topological polar surface area (TPSA) is 66.9 Å². The number of morpholine rings is 1. The van der Waals surface area contributed by atoms with E-state index in [2.05, 4.69) is 0 Å². The molecule has 6 nitrogen and oxygen atoms in total. The van der Waals surface area contributed by atoms with Gasteiger partial charge in [0, 0.05) is 12.1 Å². The fourth-order valence-corrected chi connectivity index (χ4v) is 3.67. The zero-order valence-corrected chi connectivity index (χ0v) is 15.9. The lowest BCUT2D eigenvalue weighted by atomic mass is 10.1. The summed E-state index contributed by atoms with van der Waals surface area (Å²) < 4.78 is 5.58. The van der Waals surface area contributed by atoms with Crippen molar-refractivity contribution in [2.24, 2.45) is 0 Å². The molecule has 0 saturated carbocycles. The summed E-state index contributed by atoms with van der Waals surface area (Å²) in [5.74, 6) is -0.594. The number of nitrogens with zero attached hydrogens (tertiary/aromatic N) is 2. The Morgan fingerprint density at radius 2 is 1.61 bits per heavy atom. The van der Waals surface area contributed by atoms with E-state index in [0.29, 0.717) is 29.8 Å². The number of hydrogen-bond donors (Lipinski definition) is 0. The van der Waals surface area contributed by atoms with Crippen LogP contribution in [0.25, 0.3) is 0 Å². The maximum Gasteiger partial charge on any atom is 0.261 e. The van der Waals surface area contributed by atoms with Crippen LogP contribution in [0.5, 0.6) is 0 Å². The Kier molecular flexibility index (Phi) is 4.73. The third kappa shape index (κ3) is 3.20. The van der Waals surface area contributed by atoms with Crippen molar-refractivity contribution >= 4 is 17.7 Å². The largest absolute Gasteiger partial charge is 0.375 e. The van der Waals surface area contributed by atoms with Crippen LogP contribution in [0.2, 0.25) is 0 Å². The summed E-state index contributed by atoms with van der Waals surface area (Å²) in [5, 5.41) is 0. The first-order valence-electron chi connectivity index (χ1n) is 9.42. The minimum Gasteiger partial charge on any atom is -0.375 e. The van der Waals surface area contributed by atoms with Crippen molar-refractivity contribution in [2.45, 2.75) is 32.5 Å². The number of rotatable bonds is 3. The molecule has 144 valence electrons. The summed E-state index contributed by atoms with van der Waals surface area (Å²) >= 11 is 0. The van der Waals surface area contributed by atoms with E-state index in [-0.39, 0.29) is 36.4 Å². The van der Waals surface area contributed by atoms with Gasteiger partial charge in [-0.1, -0.05) is 24.3 Å². The number of imide groups is 1. The molecule has 2 heterocycles. The predicted octanol–water partition coefficient (Wildman–Crippen LogP) is 2.73. The van der Waals surface area contributed by atoms with E-state index >= 15 is 0 Å². The Bertz CT molecular complexity index is 903. The highest BCUT2D eigenvalue weighted by Gasteiger charge is 2.35. The molecule has 2 aromatic rings. The van der Waals surface area contributed by atoms with Gasteiger partial charge >= 0.3 is 0 Å². The number of hydrogen-bond acceptors (Lipinski definition) is 4. The molecule has 0 bridgehead atoms. The van der Waals surface area contributed by atoms with Crippen LogP contribution >= 0.6 is 0 Å². The number of ether oxygens (including phenoxy) is 1. The number of carbonyl (C=O) groups is 3. The molecule has 1 saturated heterocycles. The SMILES string of the molecule is CC1CN(C(=O)c2ccc(CN3C(=O)c4ccccc4C3=O)cc2)C(C)CO1. The van der Waals surface area contributed by atoms with Gasteiger partial charge < -0.3 is 9.64 Å². The van der Waals surface area contributed by atoms with Gasteiger partial charge in [-0.15, -0.1) is 0 Å². The fraction of sp³-hybridized carbons (Fsp3) is 0.318. The molecular formula is C22H22N2O4. The molecule has 1 fully saturated rings. The average molecular weight is 378 g/mol. The van der Waals surface area contributed by atoms with E-state index in [4.69, 9.17) is 4.74 Å². The van der Waals surface area contributed by atoms with E-state index in [1.165, 1.54) is 4.90 Å². The lowest BCUT2D eigenvalue weighted by Gasteiger charge is -2.36. The van der Waals surface area contributed by atoms with Crippen molar-refractivity contribution in [3.8, 4) is 0 Å². The molecule has 0 aromatic heterocycles. The fourth-order valence-electron chi connectivity index (χ4n) is 3.67. The van der Waals surface area contributed by atoms with Gasteiger partial charge in [0.2, 0.25) is 0 Å². The van der Waals surface area contributed by atoms with Gasteiger partial charge in [0.15, 0.2) is 0 Å². The zero-order valence-electron chi connectivity index (χ0n) is 15.9. The van der Waals surface area contributed by atoms with Crippen LogP contribution in [0, 0.1) is 0 Å². The highest BCUT2D eigenvalue weighted by molar-refractivity contribution is 6.21. The normalized spacial score (nSPS) is 21.8. The Balaban J connectivity index is 1.48. The van der Waals surface area contributed by atoms with Crippen molar-refractivity contribution in [3.05, 3.63) is 70.8 Å². The van der Waals surface area contributed by atoms with Gasteiger partial charge in [-0.3, -0.25) is 19.3 Å². The van der Waals surface area contributed by atoms with Gasteiger partial charge in [0.05, 0.1) is 36.4 Å². The van der Waals surface area contributed by atoms with Crippen molar-refractivity contribution in [2.75, 3.05) is 13.2 Å². The number of benzene rings is 2. The van der Waals surface area contributed by atoms with Crippen LogP contribution in [0.4, 0.5) is 0 Å². The molecule has 0 N–H and O–H groups in total. The van der Waals surface area contributed by atoms with E-state index < -0.39 is 0 Å². The molecule has 0 aliphatic carbocycles. The second kappa shape index (κ2) is 7.20. The van der Waals surface area contributed by atoms with Gasteiger partial charge in [-0.05, 0) is 43.7 Å². The zero-order chi connectivity index (χ0) is 19.8. The average Bonchev–Trinajstić information content (AvgIpc) is 2.95. The lowest BCUT2D eigenvalue weighted by Crippen LogP contribution is -2.50. The standard InChI is InChI=1S/C22H22N2O4/c1-14-13-28-15(2)11-23(14)20(25)17-9-7-16(8-10-17)12-24-21(26)18-5-3-4-6-19(18)22(24)27/h3-10,14-15H,11-13H2,1-2H3. The van der Waals surface area contributed by atoms with Crippen molar-refractivity contribution in [1.82, 2.24) is 9.80 Å². The quantitative estimate of drug-likeness (QED) is 0.771. The minimum absolute atomic E-state index is 0.0215. The van der Waals surface area contributed by atoms with Gasteiger partial charge in [-0.25, -0.2) is 0 Å². The summed E-state index contributed by atoms with van der Waals surface area (Å²) in [4.78, 5) is 40.9. The molecule has 2 aromatic carbocycles. The second-order valence-electron chi connectivity index (χ2n) is 7.39. The monoisotopic (exact) mass is 378 g/mol. The maximum atomic E-state index is 12.8. The van der Waals surface area contributed by atoms with Crippen LogP contribution in [0.3, 0.4) is 0 Å². The van der Waals surface area contributed by atoms with Gasteiger partial charge in [0.1, 0.15) is 0 Å². The molecule has 2 aliphatic rings. The molecule has 6 heteroatoms. The van der Waals surface area contributed by atoms with Crippen LogP contribution in [0.1, 0.15) is 50.5 Å².